The number of benzene rings is 2. The molecule has 2 rings (SSSR count). The number of esters is 1. The van der Waals surface area contributed by atoms with Crippen LogP contribution in [-0.4, -0.2) is 18.9 Å². The Bertz CT molecular complexity index is 708. The molecule has 5 heteroatoms. The van der Waals surface area contributed by atoms with Crippen molar-refractivity contribution >= 4 is 33.4 Å². The van der Waals surface area contributed by atoms with E-state index >= 15 is 0 Å². The maximum absolute atomic E-state index is 12.0. The molecule has 0 amide bonds. The van der Waals surface area contributed by atoms with Crippen LogP contribution in [0.3, 0.4) is 0 Å². The van der Waals surface area contributed by atoms with Crippen LogP contribution in [0.25, 0.3) is 0 Å². The van der Waals surface area contributed by atoms with Crippen LogP contribution < -0.4 is 5.32 Å². The second kappa shape index (κ2) is 7.56. The maximum Gasteiger partial charge on any atom is 0.337 e. The van der Waals surface area contributed by atoms with Crippen LogP contribution in [0.2, 0.25) is 0 Å². The SMILES string of the molecule is COC(=O)c1cccc(NC=CC(=O)c2ccc(Br)cc2)c1. The molecule has 0 fully saturated rings. The Kier molecular flexibility index (Phi) is 5.49. The van der Waals surface area contributed by atoms with E-state index in [1.807, 2.05) is 12.1 Å². The highest BCUT2D eigenvalue weighted by atomic mass is 79.9. The van der Waals surface area contributed by atoms with Crippen molar-refractivity contribution in [3.05, 3.63) is 76.4 Å². The average Bonchev–Trinajstić information content (AvgIpc) is 2.55. The van der Waals surface area contributed by atoms with Crippen LogP contribution in [-0.2, 0) is 4.74 Å². The molecule has 0 saturated heterocycles. The highest BCUT2D eigenvalue weighted by Crippen LogP contribution is 2.13. The van der Waals surface area contributed by atoms with Crippen molar-refractivity contribution in [1.29, 1.82) is 0 Å². The first-order valence-electron chi connectivity index (χ1n) is 6.51. The summed E-state index contributed by atoms with van der Waals surface area (Å²) in [5, 5.41) is 2.96. The molecular weight excluding hydrogens is 346 g/mol. The van der Waals surface area contributed by atoms with Gasteiger partial charge in [0.15, 0.2) is 5.78 Å². The molecule has 22 heavy (non-hydrogen) atoms. The summed E-state index contributed by atoms with van der Waals surface area (Å²) in [5.74, 6) is -0.511. The highest BCUT2D eigenvalue weighted by Gasteiger charge is 2.05. The number of halogens is 1. The lowest BCUT2D eigenvalue weighted by atomic mass is 10.1. The highest BCUT2D eigenvalue weighted by molar-refractivity contribution is 9.10. The molecule has 0 atom stereocenters. The van der Waals surface area contributed by atoms with Gasteiger partial charge in [-0.2, -0.15) is 0 Å². The summed E-state index contributed by atoms with van der Waals surface area (Å²) in [6.45, 7) is 0. The molecule has 0 saturated carbocycles. The van der Waals surface area contributed by atoms with Crippen molar-refractivity contribution in [3.63, 3.8) is 0 Å². The predicted octanol–water partition coefficient (Wildman–Crippen LogP) is 4.04. The van der Waals surface area contributed by atoms with Gasteiger partial charge in [-0.25, -0.2) is 4.79 Å². The number of anilines is 1. The predicted molar refractivity (Wildman–Crippen MR) is 89.0 cm³/mol. The molecule has 4 nitrogen and oxygen atoms in total. The van der Waals surface area contributed by atoms with Gasteiger partial charge in [-0.15, -0.1) is 0 Å². The number of rotatable bonds is 5. The largest absolute Gasteiger partial charge is 0.465 e. The van der Waals surface area contributed by atoms with Gasteiger partial charge in [0.2, 0.25) is 0 Å². The van der Waals surface area contributed by atoms with Gasteiger partial charge in [-0.3, -0.25) is 4.79 Å². The van der Waals surface area contributed by atoms with Crippen molar-refractivity contribution in [2.75, 3.05) is 12.4 Å². The number of allylic oxidation sites excluding steroid dienone is 1. The molecule has 0 radical (unpaired) electrons. The van der Waals surface area contributed by atoms with E-state index in [-0.39, 0.29) is 5.78 Å². The molecule has 0 unspecified atom stereocenters. The zero-order valence-electron chi connectivity index (χ0n) is 11.9. The molecule has 2 aromatic carbocycles. The number of hydrogen-bond acceptors (Lipinski definition) is 4. The first kappa shape index (κ1) is 16.0. The summed E-state index contributed by atoms with van der Waals surface area (Å²) in [6, 6.07) is 14.0. The molecule has 0 bridgehead atoms. The molecule has 2 aromatic rings. The number of ketones is 1. The van der Waals surface area contributed by atoms with E-state index < -0.39 is 5.97 Å². The Morgan fingerprint density at radius 3 is 2.50 bits per heavy atom. The van der Waals surface area contributed by atoms with Crippen molar-refractivity contribution in [1.82, 2.24) is 0 Å². The number of methoxy groups -OCH3 is 1. The van der Waals surface area contributed by atoms with Gasteiger partial charge >= 0.3 is 5.97 Å². The summed E-state index contributed by atoms with van der Waals surface area (Å²) in [7, 11) is 1.33. The number of carbonyl (C=O) groups excluding carboxylic acids is 2. The van der Waals surface area contributed by atoms with Crippen LogP contribution in [0, 0.1) is 0 Å². The van der Waals surface area contributed by atoms with E-state index in [9.17, 15) is 9.59 Å². The molecular formula is C17H14BrNO3. The number of carbonyl (C=O) groups is 2. The molecule has 0 heterocycles. The standard InChI is InChI=1S/C17H14BrNO3/c1-22-17(21)13-3-2-4-15(11-13)19-10-9-16(20)12-5-7-14(18)8-6-12/h2-11,19H,1H3. The van der Waals surface area contributed by atoms with Crippen LogP contribution >= 0.6 is 15.9 Å². The quantitative estimate of drug-likeness (QED) is 0.497. The van der Waals surface area contributed by atoms with Crippen LogP contribution in [0.1, 0.15) is 20.7 Å². The van der Waals surface area contributed by atoms with Gasteiger partial charge in [0.05, 0.1) is 12.7 Å². The molecule has 1 N–H and O–H groups in total. The summed E-state index contributed by atoms with van der Waals surface area (Å²) in [6.07, 6.45) is 2.98. The molecule has 112 valence electrons. The third kappa shape index (κ3) is 4.30. The lowest BCUT2D eigenvalue weighted by Crippen LogP contribution is -2.01. The van der Waals surface area contributed by atoms with Gasteiger partial charge in [-0.1, -0.05) is 22.0 Å². The zero-order chi connectivity index (χ0) is 15.9. The summed E-state index contributed by atoms with van der Waals surface area (Å²) in [4.78, 5) is 23.4. The van der Waals surface area contributed by atoms with Crippen molar-refractivity contribution in [2.24, 2.45) is 0 Å². The summed E-state index contributed by atoms with van der Waals surface area (Å²) >= 11 is 3.32. The third-order valence-corrected chi connectivity index (χ3v) is 3.43. The Hall–Kier alpha value is -2.40. The minimum Gasteiger partial charge on any atom is -0.465 e. The monoisotopic (exact) mass is 359 g/mol. The van der Waals surface area contributed by atoms with Gasteiger partial charge in [-0.05, 0) is 42.5 Å². The average molecular weight is 360 g/mol. The van der Waals surface area contributed by atoms with Crippen LogP contribution in [0.4, 0.5) is 5.69 Å². The lowest BCUT2D eigenvalue weighted by molar-refractivity contribution is 0.0600. The summed E-state index contributed by atoms with van der Waals surface area (Å²) in [5.41, 5.74) is 1.74. The van der Waals surface area contributed by atoms with E-state index in [0.29, 0.717) is 16.8 Å². The lowest BCUT2D eigenvalue weighted by Gasteiger charge is -2.03. The van der Waals surface area contributed by atoms with Crippen LogP contribution in [0.5, 0.6) is 0 Å². The second-order valence-electron chi connectivity index (χ2n) is 4.42. The third-order valence-electron chi connectivity index (χ3n) is 2.90. The zero-order valence-corrected chi connectivity index (χ0v) is 13.5. The normalized spacial score (nSPS) is 10.5. The minimum absolute atomic E-state index is 0.107. The van der Waals surface area contributed by atoms with Gasteiger partial charge < -0.3 is 10.1 Å². The fraction of sp³-hybridized carbons (Fsp3) is 0.0588. The summed E-state index contributed by atoms with van der Waals surface area (Å²) < 4.78 is 5.58. The first-order chi connectivity index (χ1) is 10.6. The molecule has 0 aromatic heterocycles. The molecule has 0 aliphatic heterocycles. The van der Waals surface area contributed by atoms with E-state index in [4.69, 9.17) is 0 Å². The second-order valence-corrected chi connectivity index (χ2v) is 5.34. The number of ether oxygens (including phenoxy) is 1. The topological polar surface area (TPSA) is 55.4 Å². The van der Waals surface area contributed by atoms with E-state index in [2.05, 4.69) is 26.0 Å². The Balaban J connectivity index is 2.01. The van der Waals surface area contributed by atoms with Gasteiger partial charge in [0, 0.05) is 28.0 Å². The smallest absolute Gasteiger partial charge is 0.337 e. The minimum atomic E-state index is -0.404. The van der Waals surface area contributed by atoms with Crippen molar-refractivity contribution in [3.8, 4) is 0 Å². The number of nitrogens with one attached hydrogen (secondary N) is 1. The fourth-order valence-electron chi connectivity index (χ4n) is 1.78. The molecule has 0 spiro atoms. The van der Waals surface area contributed by atoms with E-state index in [1.165, 1.54) is 13.2 Å². The Labute approximate surface area is 136 Å². The van der Waals surface area contributed by atoms with Gasteiger partial charge in [0.25, 0.3) is 0 Å². The maximum atomic E-state index is 12.0. The Morgan fingerprint density at radius 2 is 1.82 bits per heavy atom. The number of hydrogen-bond donors (Lipinski definition) is 1. The molecule has 0 aliphatic rings. The first-order valence-corrected chi connectivity index (χ1v) is 7.31. The molecule has 0 aliphatic carbocycles. The van der Waals surface area contributed by atoms with E-state index in [0.717, 1.165) is 4.47 Å². The van der Waals surface area contributed by atoms with E-state index in [1.54, 1.807) is 42.6 Å². The van der Waals surface area contributed by atoms with Crippen molar-refractivity contribution in [2.45, 2.75) is 0 Å². The van der Waals surface area contributed by atoms with Crippen LogP contribution in [0.15, 0.2) is 65.3 Å². The van der Waals surface area contributed by atoms with Gasteiger partial charge in [0.1, 0.15) is 0 Å². The fourth-order valence-corrected chi connectivity index (χ4v) is 2.04. The van der Waals surface area contributed by atoms with Crippen molar-refractivity contribution < 1.29 is 14.3 Å². The Morgan fingerprint density at radius 1 is 1.09 bits per heavy atom.